The third-order valence-electron chi connectivity index (χ3n) is 2.62. The number of hydrogen-bond donors (Lipinski definition) is 1. The zero-order valence-corrected chi connectivity index (χ0v) is 10.9. The third-order valence-corrected chi connectivity index (χ3v) is 3.11. The van der Waals surface area contributed by atoms with Crippen LogP contribution in [-0.4, -0.2) is 25.3 Å². The maximum atomic E-state index is 9.14. The predicted octanol–water partition coefficient (Wildman–Crippen LogP) is 2.90. The van der Waals surface area contributed by atoms with Gasteiger partial charge in [0.25, 0.3) is 0 Å². The van der Waals surface area contributed by atoms with Crippen LogP contribution in [0.4, 0.5) is 5.69 Å². The topological polar surface area (TPSA) is 23.5 Å². The van der Waals surface area contributed by atoms with Gasteiger partial charge in [0.15, 0.2) is 0 Å². The second-order valence-electron chi connectivity index (χ2n) is 3.82. The van der Waals surface area contributed by atoms with Gasteiger partial charge in [-0.3, -0.25) is 0 Å². The summed E-state index contributed by atoms with van der Waals surface area (Å²) in [4.78, 5) is 2.18. The molecule has 1 aromatic rings. The smallest absolute Gasteiger partial charge is 0.0476 e. The zero-order chi connectivity index (χ0) is 11.3. The maximum absolute atomic E-state index is 9.14. The average molecular weight is 272 g/mol. The molecule has 1 rings (SSSR count). The van der Waals surface area contributed by atoms with E-state index in [1.165, 1.54) is 5.69 Å². The van der Waals surface area contributed by atoms with E-state index in [0.717, 1.165) is 17.4 Å². The molecule has 0 amide bonds. The lowest BCUT2D eigenvalue weighted by Gasteiger charge is -2.24. The highest BCUT2D eigenvalue weighted by molar-refractivity contribution is 9.10. The molecule has 0 saturated heterocycles. The van der Waals surface area contributed by atoms with E-state index in [9.17, 15) is 0 Å². The zero-order valence-electron chi connectivity index (χ0n) is 9.28. The van der Waals surface area contributed by atoms with Crippen molar-refractivity contribution in [2.75, 3.05) is 25.1 Å². The molecular weight excluding hydrogens is 254 g/mol. The molecular formula is C12H18BrNO. The standard InChI is InChI=1S/C12H18BrNO/c1-3-10(9-15)8-14(2)12-6-4-5-11(13)7-12/h4-7,10,15H,3,8-9H2,1-2H3. The van der Waals surface area contributed by atoms with E-state index in [-0.39, 0.29) is 6.61 Å². The summed E-state index contributed by atoms with van der Waals surface area (Å²) in [6, 6.07) is 8.20. The summed E-state index contributed by atoms with van der Waals surface area (Å²) in [6.45, 7) is 3.26. The second-order valence-corrected chi connectivity index (χ2v) is 4.73. The van der Waals surface area contributed by atoms with Gasteiger partial charge in [0, 0.05) is 30.4 Å². The first-order valence-corrected chi connectivity index (χ1v) is 6.04. The van der Waals surface area contributed by atoms with Crippen molar-refractivity contribution in [1.82, 2.24) is 0 Å². The second kappa shape index (κ2) is 6.13. The molecule has 0 aliphatic heterocycles. The molecule has 2 nitrogen and oxygen atoms in total. The SMILES string of the molecule is CCC(CO)CN(C)c1cccc(Br)c1. The molecule has 0 aliphatic carbocycles. The molecule has 0 aliphatic rings. The summed E-state index contributed by atoms with van der Waals surface area (Å²) < 4.78 is 1.09. The van der Waals surface area contributed by atoms with Crippen molar-refractivity contribution in [2.45, 2.75) is 13.3 Å². The number of nitrogens with zero attached hydrogens (tertiary/aromatic N) is 1. The van der Waals surface area contributed by atoms with Crippen LogP contribution in [0.2, 0.25) is 0 Å². The third kappa shape index (κ3) is 3.84. The molecule has 3 heteroatoms. The minimum absolute atomic E-state index is 0.259. The van der Waals surface area contributed by atoms with Crippen LogP contribution in [-0.2, 0) is 0 Å². The first-order valence-electron chi connectivity index (χ1n) is 5.25. The van der Waals surface area contributed by atoms with Gasteiger partial charge in [0.05, 0.1) is 0 Å². The van der Waals surface area contributed by atoms with E-state index in [2.05, 4.69) is 46.9 Å². The van der Waals surface area contributed by atoms with Crippen LogP contribution in [0.3, 0.4) is 0 Å². The van der Waals surface area contributed by atoms with E-state index in [1.54, 1.807) is 0 Å². The molecule has 0 radical (unpaired) electrons. The molecule has 0 heterocycles. The van der Waals surface area contributed by atoms with E-state index in [1.807, 2.05) is 12.1 Å². The Bertz CT molecular complexity index is 299. The number of hydrogen-bond acceptors (Lipinski definition) is 2. The van der Waals surface area contributed by atoms with Gasteiger partial charge in [-0.2, -0.15) is 0 Å². The van der Waals surface area contributed by atoms with Crippen molar-refractivity contribution in [1.29, 1.82) is 0 Å². The van der Waals surface area contributed by atoms with Crippen molar-refractivity contribution in [2.24, 2.45) is 5.92 Å². The van der Waals surface area contributed by atoms with Crippen molar-refractivity contribution in [3.63, 3.8) is 0 Å². The van der Waals surface area contributed by atoms with Gasteiger partial charge in [-0.05, 0) is 30.5 Å². The van der Waals surface area contributed by atoms with Gasteiger partial charge in [-0.25, -0.2) is 0 Å². The molecule has 0 aromatic heterocycles. The quantitative estimate of drug-likeness (QED) is 0.890. The highest BCUT2D eigenvalue weighted by atomic mass is 79.9. The van der Waals surface area contributed by atoms with Crippen molar-refractivity contribution >= 4 is 21.6 Å². The molecule has 0 spiro atoms. The monoisotopic (exact) mass is 271 g/mol. The Morgan fingerprint density at radius 2 is 2.20 bits per heavy atom. The van der Waals surface area contributed by atoms with Crippen molar-refractivity contribution < 1.29 is 5.11 Å². The van der Waals surface area contributed by atoms with Crippen LogP contribution >= 0.6 is 15.9 Å². The Morgan fingerprint density at radius 3 is 2.73 bits per heavy atom. The van der Waals surface area contributed by atoms with E-state index < -0.39 is 0 Å². The highest BCUT2D eigenvalue weighted by Gasteiger charge is 2.09. The Balaban J connectivity index is 2.64. The number of aliphatic hydroxyl groups excluding tert-OH is 1. The summed E-state index contributed by atoms with van der Waals surface area (Å²) in [7, 11) is 2.06. The summed E-state index contributed by atoms with van der Waals surface area (Å²) >= 11 is 3.45. The van der Waals surface area contributed by atoms with Crippen LogP contribution in [0.1, 0.15) is 13.3 Å². The molecule has 0 fully saturated rings. The average Bonchev–Trinajstić information content (AvgIpc) is 2.25. The van der Waals surface area contributed by atoms with Crippen LogP contribution in [0.5, 0.6) is 0 Å². The minimum atomic E-state index is 0.259. The lowest BCUT2D eigenvalue weighted by molar-refractivity contribution is 0.225. The Kier molecular flexibility index (Phi) is 5.12. The van der Waals surface area contributed by atoms with Gasteiger partial charge in [-0.15, -0.1) is 0 Å². The van der Waals surface area contributed by atoms with Gasteiger partial charge in [0.1, 0.15) is 0 Å². The number of aliphatic hydroxyl groups is 1. The van der Waals surface area contributed by atoms with Gasteiger partial charge in [0.2, 0.25) is 0 Å². The van der Waals surface area contributed by atoms with Crippen LogP contribution in [0.25, 0.3) is 0 Å². The lowest BCUT2D eigenvalue weighted by Crippen LogP contribution is -2.27. The summed E-state index contributed by atoms with van der Waals surface area (Å²) in [6.07, 6.45) is 1.01. The minimum Gasteiger partial charge on any atom is -0.396 e. The molecule has 84 valence electrons. The van der Waals surface area contributed by atoms with Gasteiger partial charge >= 0.3 is 0 Å². The molecule has 1 unspecified atom stereocenters. The summed E-state index contributed by atoms with van der Waals surface area (Å²) in [5, 5.41) is 9.14. The molecule has 1 aromatic carbocycles. The first kappa shape index (κ1) is 12.5. The van der Waals surface area contributed by atoms with E-state index in [4.69, 9.17) is 5.11 Å². The van der Waals surface area contributed by atoms with Crippen LogP contribution in [0.15, 0.2) is 28.7 Å². The summed E-state index contributed by atoms with van der Waals surface area (Å²) in [5.74, 6) is 0.356. The van der Waals surface area contributed by atoms with Gasteiger partial charge < -0.3 is 10.0 Å². The number of rotatable bonds is 5. The molecule has 1 atom stereocenters. The molecule has 0 bridgehead atoms. The maximum Gasteiger partial charge on any atom is 0.0476 e. The molecule has 0 saturated carbocycles. The fourth-order valence-corrected chi connectivity index (χ4v) is 1.91. The Morgan fingerprint density at radius 1 is 1.47 bits per heavy atom. The largest absolute Gasteiger partial charge is 0.396 e. The predicted molar refractivity (Wildman–Crippen MR) is 68.3 cm³/mol. The van der Waals surface area contributed by atoms with Crippen molar-refractivity contribution in [3.05, 3.63) is 28.7 Å². The fraction of sp³-hybridized carbons (Fsp3) is 0.500. The van der Waals surface area contributed by atoms with Crippen LogP contribution in [0, 0.1) is 5.92 Å². The van der Waals surface area contributed by atoms with E-state index >= 15 is 0 Å². The number of anilines is 1. The van der Waals surface area contributed by atoms with Gasteiger partial charge in [-0.1, -0.05) is 28.9 Å². The first-order chi connectivity index (χ1) is 7.17. The Labute approximate surface area is 100 Å². The normalized spacial score (nSPS) is 12.5. The molecule has 15 heavy (non-hydrogen) atoms. The fourth-order valence-electron chi connectivity index (χ4n) is 1.52. The number of halogens is 1. The summed E-state index contributed by atoms with van der Waals surface area (Å²) in [5.41, 5.74) is 1.18. The van der Waals surface area contributed by atoms with Crippen molar-refractivity contribution in [3.8, 4) is 0 Å². The lowest BCUT2D eigenvalue weighted by atomic mass is 10.1. The Hall–Kier alpha value is -0.540. The van der Waals surface area contributed by atoms with E-state index in [0.29, 0.717) is 5.92 Å². The van der Waals surface area contributed by atoms with Crippen LogP contribution < -0.4 is 4.90 Å². The highest BCUT2D eigenvalue weighted by Crippen LogP contribution is 2.20. The number of benzene rings is 1. The molecule has 1 N–H and O–H groups in total.